The van der Waals surface area contributed by atoms with Crippen LogP contribution < -0.4 is 10.6 Å². The molecule has 2 unspecified atom stereocenters. The number of halogens is 1. The lowest BCUT2D eigenvalue weighted by molar-refractivity contribution is 0.401. The molecule has 15 heavy (non-hydrogen) atoms. The standard InChI is InChI=1S/C12H17ClN2/c1-9-6-11(14)8-15(7-9)12-4-2-10(13)3-5-12/h2-5,9,11H,6-8,14H2,1H3. The molecule has 2 nitrogen and oxygen atoms in total. The van der Waals surface area contributed by atoms with Gasteiger partial charge in [0.25, 0.3) is 0 Å². The van der Waals surface area contributed by atoms with Crippen LogP contribution >= 0.6 is 11.6 Å². The van der Waals surface area contributed by atoms with Crippen LogP contribution in [0.5, 0.6) is 0 Å². The molecule has 2 N–H and O–H groups in total. The first-order valence-corrected chi connectivity index (χ1v) is 5.79. The molecular weight excluding hydrogens is 208 g/mol. The van der Waals surface area contributed by atoms with Gasteiger partial charge in [0.1, 0.15) is 0 Å². The highest BCUT2D eigenvalue weighted by Gasteiger charge is 2.21. The number of hydrogen-bond donors (Lipinski definition) is 1. The van der Waals surface area contributed by atoms with E-state index in [0.717, 1.165) is 24.5 Å². The van der Waals surface area contributed by atoms with E-state index in [9.17, 15) is 0 Å². The number of piperidine rings is 1. The van der Waals surface area contributed by atoms with Crippen LogP contribution in [0.25, 0.3) is 0 Å². The van der Waals surface area contributed by atoms with Crippen LogP contribution in [0.4, 0.5) is 5.69 Å². The first kappa shape index (κ1) is 10.8. The van der Waals surface area contributed by atoms with Crippen molar-refractivity contribution in [3.63, 3.8) is 0 Å². The maximum Gasteiger partial charge on any atom is 0.0407 e. The van der Waals surface area contributed by atoms with Crippen molar-refractivity contribution < 1.29 is 0 Å². The molecule has 0 spiro atoms. The third-order valence-corrected chi connectivity index (χ3v) is 3.14. The van der Waals surface area contributed by atoms with Gasteiger partial charge in [-0.2, -0.15) is 0 Å². The molecule has 3 heteroatoms. The third kappa shape index (κ3) is 2.64. The molecule has 1 fully saturated rings. The summed E-state index contributed by atoms with van der Waals surface area (Å²) >= 11 is 5.86. The summed E-state index contributed by atoms with van der Waals surface area (Å²) in [5, 5.41) is 0.785. The van der Waals surface area contributed by atoms with E-state index in [-0.39, 0.29) is 0 Å². The highest BCUT2D eigenvalue weighted by atomic mass is 35.5. The van der Waals surface area contributed by atoms with Crippen molar-refractivity contribution >= 4 is 17.3 Å². The quantitative estimate of drug-likeness (QED) is 0.795. The topological polar surface area (TPSA) is 29.3 Å². The maximum atomic E-state index is 6.02. The first-order chi connectivity index (χ1) is 7.15. The predicted molar refractivity (Wildman–Crippen MR) is 65.4 cm³/mol. The second kappa shape index (κ2) is 4.42. The zero-order valence-electron chi connectivity index (χ0n) is 8.99. The van der Waals surface area contributed by atoms with E-state index in [0.29, 0.717) is 12.0 Å². The second-order valence-corrected chi connectivity index (χ2v) is 4.92. The maximum absolute atomic E-state index is 6.02. The van der Waals surface area contributed by atoms with Crippen molar-refractivity contribution in [3.8, 4) is 0 Å². The predicted octanol–water partition coefficient (Wildman–Crippen LogP) is 2.51. The van der Waals surface area contributed by atoms with E-state index in [2.05, 4.69) is 24.0 Å². The lowest BCUT2D eigenvalue weighted by atomic mass is 9.96. The molecule has 82 valence electrons. The first-order valence-electron chi connectivity index (χ1n) is 5.41. The smallest absolute Gasteiger partial charge is 0.0407 e. The average Bonchev–Trinajstić information content (AvgIpc) is 2.17. The van der Waals surface area contributed by atoms with Gasteiger partial charge in [0.2, 0.25) is 0 Å². The Kier molecular flexibility index (Phi) is 3.17. The Bertz CT molecular complexity index is 313. The Labute approximate surface area is 96.0 Å². The van der Waals surface area contributed by atoms with Crippen molar-refractivity contribution in [1.82, 2.24) is 0 Å². The molecule has 0 aromatic heterocycles. The summed E-state index contributed by atoms with van der Waals surface area (Å²) < 4.78 is 0. The molecule has 1 aromatic rings. The number of hydrogen-bond acceptors (Lipinski definition) is 2. The summed E-state index contributed by atoms with van der Waals surface area (Å²) in [5.41, 5.74) is 7.24. The molecule has 0 radical (unpaired) electrons. The van der Waals surface area contributed by atoms with Gasteiger partial charge in [-0.1, -0.05) is 18.5 Å². The second-order valence-electron chi connectivity index (χ2n) is 4.48. The van der Waals surface area contributed by atoms with Crippen LogP contribution in [-0.2, 0) is 0 Å². The Balaban J connectivity index is 2.12. The van der Waals surface area contributed by atoms with Crippen LogP contribution in [0.15, 0.2) is 24.3 Å². The molecule has 0 bridgehead atoms. The lowest BCUT2D eigenvalue weighted by Crippen LogP contribution is -2.46. The SMILES string of the molecule is CC1CC(N)CN(c2ccc(Cl)cc2)C1. The molecule has 1 saturated heterocycles. The molecule has 0 aliphatic carbocycles. The molecule has 1 aliphatic heterocycles. The van der Waals surface area contributed by atoms with E-state index in [1.165, 1.54) is 5.69 Å². The van der Waals surface area contributed by atoms with Crippen LogP contribution in [0.1, 0.15) is 13.3 Å². The Morgan fingerprint density at radius 2 is 1.93 bits per heavy atom. The van der Waals surface area contributed by atoms with Gasteiger partial charge < -0.3 is 10.6 Å². The minimum atomic E-state index is 0.296. The highest BCUT2D eigenvalue weighted by molar-refractivity contribution is 6.30. The van der Waals surface area contributed by atoms with Gasteiger partial charge in [0, 0.05) is 29.8 Å². The van der Waals surface area contributed by atoms with Crippen LogP contribution in [0, 0.1) is 5.92 Å². The van der Waals surface area contributed by atoms with E-state index in [1.54, 1.807) is 0 Å². The van der Waals surface area contributed by atoms with Crippen molar-refractivity contribution in [2.75, 3.05) is 18.0 Å². The molecule has 2 atom stereocenters. The van der Waals surface area contributed by atoms with E-state index < -0.39 is 0 Å². The number of benzene rings is 1. The number of nitrogens with zero attached hydrogens (tertiary/aromatic N) is 1. The van der Waals surface area contributed by atoms with E-state index in [4.69, 9.17) is 17.3 Å². The zero-order valence-corrected chi connectivity index (χ0v) is 9.74. The summed E-state index contributed by atoms with van der Waals surface area (Å²) in [6, 6.07) is 8.29. The minimum Gasteiger partial charge on any atom is -0.370 e. The Hall–Kier alpha value is -0.730. The zero-order chi connectivity index (χ0) is 10.8. The van der Waals surface area contributed by atoms with Gasteiger partial charge in [0.05, 0.1) is 0 Å². The Morgan fingerprint density at radius 1 is 1.27 bits per heavy atom. The van der Waals surface area contributed by atoms with Crippen molar-refractivity contribution in [1.29, 1.82) is 0 Å². The summed E-state index contributed by atoms with van der Waals surface area (Å²) in [5.74, 6) is 0.671. The summed E-state index contributed by atoms with van der Waals surface area (Å²) in [4.78, 5) is 2.34. The molecule has 0 amide bonds. The molecular formula is C12H17ClN2. The monoisotopic (exact) mass is 224 g/mol. The largest absolute Gasteiger partial charge is 0.370 e. The van der Waals surface area contributed by atoms with Gasteiger partial charge in [-0.25, -0.2) is 0 Å². The molecule has 1 aromatic carbocycles. The number of anilines is 1. The summed E-state index contributed by atoms with van der Waals surface area (Å²) in [7, 11) is 0. The number of nitrogens with two attached hydrogens (primary N) is 1. The molecule has 1 heterocycles. The van der Waals surface area contributed by atoms with Gasteiger partial charge in [-0.05, 0) is 36.6 Å². The molecule has 1 aliphatic rings. The van der Waals surface area contributed by atoms with Crippen LogP contribution in [-0.4, -0.2) is 19.1 Å². The highest BCUT2D eigenvalue weighted by Crippen LogP contribution is 2.23. The van der Waals surface area contributed by atoms with Gasteiger partial charge in [0.15, 0.2) is 0 Å². The average molecular weight is 225 g/mol. The summed E-state index contributed by atoms with van der Waals surface area (Å²) in [6.07, 6.45) is 1.13. The van der Waals surface area contributed by atoms with Gasteiger partial charge in [-0.15, -0.1) is 0 Å². The van der Waals surface area contributed by atoms with Crippen LogP contribution in [0.3, 0.4) is 0 Å². The van der Waals surface area contributed by atoms with E-state index in [1.807, 2.05) is 12.1 Å². The minimum absolute atomic E-state index is 0.296. The lowest BCUT2D eigenvalue weighted by Gasteiger charge is -2.36. The normalized spacial score (nSPS) is 26.7. The van der Waals surface area contributed by atoms with Crippen molar-refractivity contribution in [2.45, 2.75) is 19.4 Å². The van der Waals surface area contributed by atoms with Crippen molar-refractivity contribution in [2.24, 2.45) is 11.7 Å². The Morgan fingerprint density at radius 3 is 2.53 bits per heavy atom. The third-order valence-electron chi connectivity index (χ3n) is 2.88. The summed E-state index contributed by atoms with van der Waals surface area (Å²) in [6.45, 7) is 4.29. The van der Waals surface area contributed by atoms with Gasteiger partial charge in [-0.3, -0.25) is 0 Å². The van der Waals surface area contributed by atoms with Crippen LogP contribution in [0.2, 0.25) is 5.02 Å². The molecule has 0 saturated carbocycles. The van der Waals surface area contributed by atoms with Crippen molar-refractivity contribution in [3.05, 3.63) is 29.3 Å². The van der Waals surface area contributed by atoms with Gasteiger partial charge >= 0.3 is 0 Å². The molecule has 2 rings (SSSR count). The fourth-order valence-corrected chi connectivity index (χ4v) is 2.39. The fourth-order valence-electron chi connectivity index (χ4n) is 2.26. The fraction of sp³-hybridized carbons (Fsp3) is 0.500. The van der Waals surface area contributed by atoms with E-state index >= 15 is 0 Å². The number of rotatable bonds is 1.